The summed E-state index contributed by atoms with van der Waals surface area (Å²) in [6.45, 7) is 2.19. The van der Waals surface area contributed by atoms with Crippen LogP contribution in [0, 0.1) is 0 Å². The number of aliphatic carboxylic acids is 1. The van der Waals surface area contributed by atoms with Gasteiger partial charge in [0.25, 0.3) is 0 Å². The van der Waals surface area contributed by atoms with Gasteiger partial charge in [0.15, 0.2) is 0 Å². The molecule has 0 saturated heterocycles. The molecule has 0 fully saturated rings. The Kier molecular flexibility index (Phi) is 3.00. The molecule has 0 aromatic heterocycles. The Morgan fingerprint density at radius 3 is 2.85 bits per heavy atom. The lowest BCUT2D eigenvalue weighted by molar-refractivity contribution is -0.137. The molecule has 0 spiro atoms. The molecule has 0 saturated carbocycles. The predicted molar refractivity (Wildman–Crippen MR) is 46.3 cm³/mol. The summed E-state index contributed by atoms with van der Waals surface area (Å²) in [4.78, 5) is 21.3. The molecule has 0 aromatic rings. The smallest absolute Gasteiger partial charge is 0.303 e. The van der Waals surface area contributed by atoms with Gasteiger partial charge in [-0.1, -0.05) is 0 Å². The highest BCUT2D eigenvalue weighted by Crippen LogP contribution is 2.08. The van der Waals surface area contributed by atoms with Gasteiger partial charge in [0, 0.05) is 18.7 Å². The summed E-state index contributed by atoms with van der Waals surface area (Å²) in [5.41, 5.74) is 0.792. The molecule has 1 aliphatic heterocycles. The minimum Gasteiger partial charge on any atom is -0.481 e. The first-order valence-electron chi connectivity index (χ1n) is 4.16. The van der Waals surface area contributed by atoms with Crippen molar-refractivity contribution in [1.82, 2.24) is 5.01 Å². The van der Waals surface area contributed by atoms with E-state index in [0.717, 1.165) is 5.71 Å². The largest absolute Gasteiger partial charge is 0.481 e. The average Bonchev–Trinajstić information content (AvgIpc) is 2.29. The molecule has 0 aromatic carbocycles. The van der Waals surface area contributed by atoms with Crippen molar-refractivity contribution >= 4 is 17.6 Å². The van der Waals surface area contributed by atoms with E-state index in [1.165, 1.54) is 5.01 Å². The van der Waals surface area contributed by atoms with Crippen LogP contribution in [-0.2, 0) is 9.59 Å². The Morgan fingerprint density at radius 1 is 1.69 bits per heavy atom. The van der Waals surface area contributed by atoms with E-state index in [1.54, 1.807) is 6.92 Å². The van der Waals surface area contributed by atoms with Crippen molar-refractivity contribution in [1.29, 1.82) is 0 Å². The number of carbonyl (C=O) groups excluding carboxylic acids is 1. The number of carboxylic acid groups (broad SMARTS) is 1. The normalized spacial score (nSPS) is 16.2. The lowest BCUT2D eigenvalue weighted by Gasteiger charge is -2.09. The van der Waals surface area contributed by atoms with Crippen molar-refractivity contribution in [2.75, 3.05) is 6.54 Å². The molecule has 13 heavy (non-hydrogen) atoms. The van der Waals surface area contributed by atoms with Crippen molar-refractivity contribution in [3.63, 3.8) is 0 Å². The molecule has 0 aliphatic carbocycles. The lowest BCUT2D eigenvalue weighted by atomic mass is 10.3. The van der Waals surface area contributed by atoms with Crippen molar-refractivity contribution in [2.24, 2.45) is 5.10 Å². The first-order valence-corrected chi connectivity index (χ1v) is 4.16. The topological polar surface area (TPSA) is 70.0 Å². The molecule has 1 N–H and O–H groups in total. The van der Waals surface area contributed by atoms with Crippen LogP contribution in [0.3, 0.4) is 0 Å². The highest BCUT2D eigenvalue weighted by Gasteiger charge is 2.20. The molecule has 1 rings (SSSR count). The highest BCUT2D eigenvalue weighted by molar-refractivity contribution is 6.03. The van der Waals surface area contributed by atoms with E-state index in [-0.39, 0.29) is 12.3 Å². The van der Waals surface area contributed by atoms with Crippen LogP contribution in [0.5, 0.6) is 0 Å². The second-order valence-corrected chi connectivity index (χ2v) is 3.03. The van der Waals surface area contributed by atoms with Gasteiger partial charge in [0.2, 0.25) is 5.91 Å². The molecule has 0 bridgehead atoms. The standard InChI is InChI=1S/C8H12N2O3/c1-6-5-7(11)10(9-6)4-2-3-8(12)13/h2-5H2,1H3,(H,12,13). The number of amides is 1. The Labute approximate surface area is 76.0 Å². The van der Waals surface area contributed by atoms with Crippen molar-refractivity contribution in [3.8, 4) is 0 Å². The SMILES string of the molecule is CC1=NN(CCCC(=O)O)C(=O)C1. The average molecular weight is 184 g/mol. The number of nitrogens with zero attached hydrogens (tertiary/aromatic N) is 2. The molecule has 0 radical (unpaired) electrons. The molecule has 5 heteroatoms. The van der Waals surface area contributed by atoms with E-state index in [0.29, 0.717) is 19.4 Å². The zero-order valence-electron chi connectivity index (χ0n) is 7.49. The Bertz CT molecular complexity index is 260. The lowest BCUT2D eigenvalue weighted by Crippen LogP contribution is -2.22. The van der Waals surface area contributed by atoms with Gasteiger partial charge >= 0.3 is 5.97 Å². The molecule has 1 heterocycles. The van der Waals surface area contributed by atoms with Crippen molar-refractivity contribution < 1.29 is 14.7 Å². The van der Waals surface area contributed by atoms with E-state index in [4.69, 9.17) is 5.11 Å². The number of hydrogen-bond donors (Lipinski definition) is 1. The third-order valence-electron chi connectivity index (χ3n) is 1.75. The monoisotopic (exact) mass is 184 g/mol. The molecular weight excluding hydrogens is 172 g/mol. The minimum atomic E-state index is -0.840. The van der Waals surface area contributed by atoms with Crippen molar-refractivity contribution in [2.45, 2.75) is 26.2 Å². The zero-order chi connectivity index (χ0) is 9.84. The number of carboxylic acids is 1. The molecule has 5 nitrogen and oxygen atoms in total. The molecule has 0 unspecified atom stereocenters. The van der Waals surface area contributed by atoms with Crippen LogP contribution >= 0.6 is 0 Å². The van der Waals surface area contributed by atoms with Crippen LogP contribution in [0.15, 0.2) is 5.10 Å². The second kappa shape index (κ2) is 4.02. The summed E-state index contributed by atoms with van der Waals surface area (Å²) < 4.78 is 0. The van der Waals surface area contributed by atoms with Crippen LogP contribution in [0.1, 0.15) is 26.2 Å². The number of rotatable bonds is 4. The van der Waals surface area contributed by atoms with Gasteiger partial charge in [-0.25, -0.2) is 5.01 Å². The predicted octanol–water partition coefficient (Wildman–Crippen LogP) is 0.459. The molecule has 0 atom stereocenters. The summed E-state index contributed by atoms with van der Waals surface area (Å²) in [7, 11) is 0. The maximum absolute atomic E-state index is 11.1. The van der Waals surface area contributed by atoms with Gasteiger partial charge in [0.1, 0.15) is 0 Å². The van der Waals surface area contributed by atoms with E-state index < -0.39 is 5.97 Å². The number of hydrazone groups is 1. The van der Waals surface area contributed by atoms with Gasteiger partial charge in [-0.2, -0.15) is 5.10 Å². The Balaban J connectivity index is 2.29. The summed E-state index contributed by atoms with van der Waals surface area (Å²) in [5.74, 6) is -0.879. The second-order valence-electron chi connectivity index (χ2n) is 3.03. The summed E-state index contributed by atoms with van der Waals surface area (Å²) in [6, 6.07) is 0. The fraction of sp³-hybridized carbons (Fsp3) is 0.625. The fourth-order valence-electron chi connectivity index (χ4n) is 1.16. The van der Waals surface area contributed by atoms with E-state index >= 15 is 0 Å². The summed E-state index contributed by atoms with van der Waals surface area (Å²) >= 11 is 0. The van der Waals surface area contributed by atoms with E-state index in [1.807, 2.05) is 0 Å². The molecule has 1 aliphatic rings. The van der Waals surface area contributed by atoms with Crippen LogP contribution in [0.2, 0.25) is 0 Å². The van der Waals surface area contributed by atoms with Gasteiger partial charge in [-0.05, 0) is 13.3 Å². The number of carbonyl (C=O) groups is 2. The van der Waals surface area contributed by atoms with Gasteiger partial charge in [-0.3, -0.25) is 9.59 Å². The van der Waals surface area contributed by atoms with Gasteiger partial charge in [0.05, 0.1) is 6.42 Å². The van der Waals surface area contributed by atoms with E-state index in [9.17, 15) is 9.59 Å². The Hall–Kier alpha value is -1.39. The third-order valence-corrected chi connectivity index (χ3v) is 1.75. The molecule has 72 valence electrons. The van der Waals surface area contributed by atoms with Crippen molar-refractivity contribution in [3.05, 3.63) is 0 Å². The van der Waals surface area contributed by atoms with Gasteiger partial charge in [-0.15, -0.1) is 0 Å². The fourth-order valence-corrected chi connectivity index (χ4v) is 1.16. The first kappa shape index (κ1) is 9.70. The van der Waals surface area contributed by atoms with E-state index in [2.05, 4.69) is 5.10 Å². The van der Waals surface area contributed by atoms with Crippen LogP contribution in [-0.4, -0.2) is 34.2 Å². The maximum Gasteiger partial charge on any atom is 0.303 e. The first-order chi connectivity index (χ1) is 6.09. The third kappa shape index (κ3) is 2.85. The van der Waals surface area contributed by atoms with Crippen LogP contribution in [0.4, 0.5) is 0 Å². The van der Waals surface area contributed by atoms with Gasteiger partial charge < -0.3 is 5.11 Å². The molecule has 1 amide bonds. The summed E-state index contributed by atoms with van der Waals surface area (Å²) in [6.07, 6.45) is 0.906. The maximum atomic E-state index is 11.1. The Morgan fingerprint density at radius 2 is 2.38 bits per heavy atom. The summed E-state index contributed by atoms with van der Waals surface area (Å²) in [5, 5.41) is 13.7. The van der Waals surface area contributed by atoms with Crippen LogP contribution in [0.25, 0.3) is 0 Å². The minimum absolute atomic E-state index is 0.0390. The van der Waals surface area contributed by atoms with Crippen LogP contribution < -0.4 is 0 Å². The highest BCUT2D eigenvalue weighted by atomic mass is 16.4. The number of hydrogen-bond acceptors (Lipinski definition) is 3. The zero-order valence-corrected chi connectivity index (χ0v) is 7.49. The molecular formula is C8H12N2O3. The quantitative estimate of drug-likeness (QED) is 0.690.